The number of aryl methyl sites for hydroxylation is 1. The molecule has 0 bridgehead atoms. The monoisotopic (exact) mass is 485 g/mol. The van der Waals surface area contributed by atoms with Crippen LogP contribution in [0.1, 0.15) is 33.4 Å². The normalized spacial score (nSPS) is 16.4. The second kappa shape index (κ2) is 8.87. The van der Waals surface area contributed by atoms with Crippen LogP contribution in [0.4, 0.5) is 11.4 Å². The largest absolute Gasteiger partial charge is 0.498 e. The predicted octanol–water partition coefficient (Wildman–Crippen LogP) is 5.37. The summed E-state index contributed by atoms with van der Waals surface area (Å²) < 4.78 is 25.7. The highest BCUT2D eigenvalue weighted by Gasteiger charge is 2.52. The van der Waals surface area contributed by atoms with Gasteiger partial charge in [0.1, 0.15) is 11.5 Å². The fourth-order valence-corrected chi connectivity index (χ4v) is 4.44. The Bertz CT molecular complexity index is 1410. The summed E-state index contributed by atoms with van der Waals surface area (Å²) in [6.07, 6.45) is 2.02. The van der Waals surface area contributed by atoms with Gasteiger partial charge in [-0.1, -0.05) is 18.2 Å². The van der Waals surface area contributed by atoms with Crippen LogP contribution in [0.2, 0.25) is 0 Å². The molecule has 8 heteroatoms. The molecular weight excluding hydrogens is 453 g/mol. The van der Waals surface area contributed by atoms with Crippen molar-refractivity contribution in [2.24, 2.45) is 0 Å². The van der Waals surface area contributed by atoms with E-state index in [0.29, 0.717) is 5.75 Å². The van der Waals surface area contributed by atoms with Gasteiger partial charge in [0.2, 0.25) is 0 Å². The molecule has 1 N–H and O–H groups in total. The van der Waals surface area contributed by atoms with Crippen LogP contribution in [0, 0.1) is 6.92 Å². The standard InChI is InChI=1S/C28H32BN3O4/c1-18-25(19-10-8-11-21(16-19)33-6)31-26-23(12-9-15-32(18)26)30-20-13-14-22(24(17-20)34-7)29-35-27(2,3)28(4,5)36-29/h8-17,30H,1-7H3. The van der Waals surface area contributed by atoms with Crippen molar-refractivity contribution in [1.29, 1.82) is 0 Å². The van der Waals surface area contributed by atoms with Gasteiger partial charge in [-0.25, -0.2) is 4.98 Å². The Labute approximate surface area is 212 Å². The Morgan fingerprint density at radius 2 is 1.67 bits per heavy atom. The zero-order valence-electron chi connectivity index (χ0n) is 21.9. The van der Waals surface area contributed by atoms with E-state index in [-0.39, 0.29) is 0 Å². The van der Waals surface area contributed by atoms with Crippen LogP contribution in [-0.2, 0) is 9.31 Å². The molecule has 1 aliphatic rings. The zero-order chi connectivity index (χ0) is 25.7. The summed E-state index contributed by atoms with van der Waals surface area (Å²) in [6, 6.07) is 17.9. The number of nitrogens with zero attached hydrogens (tertiary/aromatic N) is 2. The van der Waals surface area contributed by atoms with Crippen LogP contribution in [0.15, 0.2) is 60.8 Å². The molecular formula is C28H32BN3O4. The lowest BCUT2D eigenvalue weighted by Crippen LogP contribution is -2.41. The molecule has 3 heterocycles. The third-order valence-electron chi connectivity index (χ3n) is 7.25. The number of aromatic nitrogens is 2. The summed E-state index contributed by atoms with van der Waals surface area (Å²) in [7, 11) is 2.83. The van der Waals surface area contributed by atoms with E-state index in [0.717, 1.165) is 45.2 Å². The van der Waals surface area contributed by atoms with Gasteiger partial charge in [-0.05, 0) is 65.0 Å². The van der Waals surface area contributed by atoms with Crippen LogP contribution < -0.4 is 20.3 Å². The smallest absolute Gasteiger partial charge is 0.497 e. The number of methoxy groups -OCH3 is 2. The topological polar surface area (TPSA) is 66.2 Å². The van der Waals surface area contributed by atoms with E-state index in [4.69, 9.17) is 23.8 Å². The van der Waals surface area contributed by atoms with Crippen LogP contribution in [0.3, 0.4) is 0 Å². The Hall–Kier alpha value is -3.49. The molecule has 4 aromatic rings. The lowest BCUT2D eigenvalue weighted by Gasteiger charge is -2.32. The molecule has 0 atom stereocenters. The molecule has 36 heavy (non-hydrogen) atoms. The fraction of sp³-hybridized carbons (Fsp3) is 0.321. The summed E-state index contributed by atoms with van der Waals surface area (Å²) >= 11 is 0. The van der Waals surface area contributed by atoms with Gasteiger partial charge in [-0.2, -0.15) is 0 Å². The van der Waals surface area contributed by atoms with E-state index in [1.807, 2.05) is 88.5 Å². The van der Waals surface area contributed by atoms with E-state index < -0.39 is 18.3 Å². The molecule has 2 aromatic heterocycles. The van der Waals surface area contributed by atoms with Crippen LogP contribution in [-0.4, -0.2) is 41.9 Å². The first-order chi connectivity index (χ1) is 17.1. The highest BCUT2D eigenvalue weighted by atomic mass is 16.7. The summed E-state index contributed by atoms with van der Waals surface area (Å²) in [4.78, 5) is 4.98. The molecule has 1 aliphatic heterocycles. The molecule has 0 radical (unpaired) electrons. The molecule has 0 amide bonds. The van der Waals surface area contributed by atoms with Gasteiger partial charge in [0, 0.05) is 34.7 Å². The second-order valence-electron chi connectivity index (χ2n) is 10.1. The molecule has 5 rings (SSSR count). The first kappa shape index (κ1) is 24.2. The van der Waals surface area contributed by atoms with E-state index in [9.17, 15) is 0 Å². The van der Waals surface area contributed by atoms with Gasteiger partial charge in [0.25, 0.3) is 0 Å². The number of nitrogens with one attached hydrogen (secondary N) is 1. The van der Waals surface area contributed by atoms with E-state index in [1.54, 1.807) is 14.2 Å². The van der Waals surface area contributed by atoms with Gasteiger partial charge >= 0.3 is 7.12 Å². The van der Waals surface area contributed by atoms with Crippen molar-refractivity contribution in [3.63, 3.8) is 0 Å². The quantitative estimate of drug-likeness (QED) is 0.371. The van der Waals surface area contributed by atoms with E-state index in [1.165, 1.54) is 0 Å². The number of benzene rings is 2. The third-order valence-corrected chi connectivity index (χ3v) is 7.25. The number of rotatable bonds is 6. The van der Waals surface area contributed by atoms with Crippen molar-refractivity contribution >= 4 is 29.6 Å². The van der Waals surface area contributed by atoms with Crippen molar-refractivity contribution in [2.45, 2.75) is 45.8 Å². The van der Waals surface area contributed by atoms with Crippen LogP contribution in [0.5, 0.6) is 11.5 Å². The van der Waals surface area contributed by atoms with Gasteiger partial charge in [-0.15, -0.1) is 0 Å². The average Bonchev–Trinajstić information content (AvgIpc) is 3.31. The Balaban J connectivity index is 1.48. The average molecular weight is 485 g/mol. The van der Waals surface area contributed by atoms with Crippen LogP contribution in [0.25, 0.3) is 16.9 Å². The van der Waals surface area contributed by atoms with Crippen molar-refractivity contribution in [3.05, 3.63) is 66.5 Å². The maximum absolute atomic E-state index is 6.24. The molecule has 0 unspecified atom stereocenters. The molecule has 0 aliphatic carbocycles. The van der Waals surface area contributed by atoms with Gasteiger partial charge in [0.15, 0.2) is 5.65 Å². The van der Waals surface area contributed by atoms with Crippen molar-refractivity contribution in [2.75, 3.05) is 19.5 Å². The van der Waals surface area contributed by atoms with Crippen molar-refractivity contribution in [3.8, 4) is 22.8 Å². The molecule has 7 nitrogen and oxygen atoms in total. The lowest BCUT2D eigenvalue weighted by atomic mass is 9.78. The maximum atomic E-state index is 6.24. The molecule has 0 spiro atoms. The number of anilines is 2. The van der Waals surface area contributed by atoms with Gasteiger partial charge in [-0.3, -0.25) is 0 Å². The number of hydrogen-bond donors (Lipinski definition) is 1. The zero-order valence-corrected chi connectivity index (χ0v) is 21.9. The number of fused-ring (bicyclic) bond motifs is 1. The van der Waals surface area contributed by atoms with Gasteiger partial charge in [0.05, 0.1) is 36.8 Å². The van der Waals surface area contributed by atoms with Crippen molar-refractivity contribution < 1.29 is 18.8 Å². The van der Waals surface area contributed by atoms with Gasteiger partial charge < -0.3 is 28.5 Å². The summed E-state index contributed by atoms with van der Waals surface area (Å²) in [5, 5.41) is 3.52. The lowest BCUT2D eigenvalue weighted by molar-refractivity contribution is 0.00578. The predicted molar refractivity (Wildman–Crippen MR) is 144 cm³/mol. The molecule has 186 valence electrons. The second-order valence-corrected chi connectivity index (χ2v) is 10.1. The first-order valence-electron chi connectivity index (χ1n) is 12.1. The van der Waals surface area contributed by atoms with Crippen LogP contribution >= 0.6 is 0 Å². The SMILES string of the molecule is COc1cccc(-c2nc3c(Nc4ccc(B5OC(C)(C)C(C)(C)O5)c(OC)c4)cccn3c2C)c1. The highest BCUT2D eigenvalue weighted by molar-refractivity contribution is 6.63. The van der Waals surface area contributed by atoms with Crippen molar-refractivity contribution in [1.82, 2.24) is 9.38 Å². The fourth-order valence-electron chi connectivity index (χ4n) is 4.44. The number of ether oxygens (including phenoxy) is 2. The first-order valence-corrected chi connectivity index (χ1v) is 12.1. The Kier molecular flexibility index (Phi) is 5.97. The minimum Gasteiger partial charge on any atom is -0.497 e. The summed E-state index contributed by atoms with van der Waals surface area (Å²) in [6.45, 7) is 10.2. The minimum atomic E-state index is -0.497. The third kappa shape index (κ3) is 4.10. The number of pyridine rings is 1. The molecule has 2 aromatic carbocycles. The minimum absolute atomic E-state index is 0.422. The molecule has 1 saturated heterocycles. The molecule has 0 saturated carbocycles. The molecule has 1 fully saturated rings. The van der Waals surface area contributed by atoms with E-state index in [2.05, 4.69) is 16.6 Å². The Morgan fingerprint density at radius 3 is 2.36 bits per heavy atom. The maximum Gasteiger partial charge on any atom is 0.498 e. The Morgan fingerprint density at radius 1 is 0.917 bits per heavy atom. The van der Waals surface area contributed by atoms with E-state index >= 15 is 0 Å². The summed E-state index contributed by atoms with van der Waals surface area (Å²) in [5.41, 5.74) is 5.59. The summed E-state index contributed by atoms with van der Waals surface area (Å²) in [5.74, 6) is 1.50. The highest BCUT2D eigenvalue weighted by Crippen LogP contribution is 2.38. The number of hydrogen-bond acceptors (Lipinski definition) is 6. The number of imidazole rings is 1.